The summed E-state index contributed by atoms with van der Waals surface area (Å²) >= 11 is 0. The Morgan fingerprint density at radius 2 is 2.06 bits per heavy atom. The van der Waals surface area contributed by atoms with Crippen LogP contribution in [-0.4, -0.2) is 23.7 Å². The van der Waals surface area contributed by atoms with E-state index < -0.39 is 11.9 Å². The topological polar surface area (TPSA) is 49.3 Å². The average molecular weight is 253 g/mol. The molecule has 0 aliphatic carbocycles. The minimum atomic E-state index is -0.566. The molecule has 0 radical (unpaired) electrons. The van der Waals surface area contributed by atoms with Gasteiger partial charge in [-0.2, -0.15) is 0 Å². The lowest BCUT2D eigenvalue weighted by Gasteiger charge is -2.14. The Balaban J connectivity index is 2.55. The molecule has 4 heteroatoms. The number of benzene rings is 1. The summed E-state index contributed by atoms with van der Waals surface area (Å²) in [6.07, 6.45) is 0.0613. The van der Waals surface area contributed by atoms with Crippen molar-refractivity contribution in [2.45, 2.75) is 33.3 Å². The van der Waals surface area contributed by atoms with E-state index in [1.165, 1.54) is 12.1 Å². The van der Waals surface area contributed by atoms with E-state index in [1.54, 1.807) is 13.0 Å². The van der Waals surface area contributed by atoms with Gasteiger partial charge in [-0.05, 0) is 43.0 Å². The fraction of sp³-hybridized carbons (Fsp3) is 0.500. The molecule has 0 saturated heterocycles. The summed E-state index contributed by atoms with van der Waals surface area (Å²) in [5.74, 6) is -0.420. The van der Waals surface area contributed by atoms with Crippen molar-refractivity contribution in [1.29, 1.82) is 0 Å². The molecule has 1 aromatic rings. The highest BCUT2D eigenvalue weighted by atomic mass is 19.1. The number of hydrogen-bond donors (Lipinski definition) is 2. The number of rotatable bonds is 5. The maximum absolute atomic E-state index is 13.1. The molecule has 0 heterocycles. The summed E-state index contributed by atoms with van der Waals surface area (Å²) < 4.78 is 13.1. The van der Waals surface area contributed by atoms with Crippen LogP contribution in [0.1, 0.15) is 36.2 Å². The fourth-order valence-corrected chi connectivity index (χ4v) is 1.81. The summed E-state index contributed by atoms with van der Waals surface area (Å²) in [5, 5.41) is 12.2. The first kappa shape index (κ1) is 14.6. The third-order valence-corrected chi connectivity index (χ3v) is 2.55. The van der Waals surface area contributed by atoms with Crippen molar-refractivity contribution in [3.63, 3.8) is 0 Å². The summed E-state index contributed by atoms with van der Waals surface area (Å²) in [6.45, 7) is 5.92. The molecule has 1 rings (SSSR count). The van der Waals surface area contributed by atoms with Gasteiger partial charge >= 0.3 is 0 Å². The Bertz CT molecular complexity index is 398. The van der Waals surface area contributed by atoms with Crippen LogP contribution in [0.2, 0.25) is 0 Å². The van der Waals surface area contributed by atoms with E-state index in [2.05, 4.69) is 5.32 Å². The Morgan fingerprint density at radius 3 is 2.61 bits per heavy atom. The van der Waals surface area contributed by atoms with Crippen molar-refractivity contribution in [3.05, 3.63) is 35.1 Å². The van der Waals surface area contributed by atoms with Crippen molar-refractivity contribution in [2.75, 3.05) is 6.54 Å². The molecular weight excluding hydrogens is 233 g/mol. The molecule has 1 unspecified atom stereocenters. The normalized spacial score (nSPS) is 12.6. The van der Waals surface area contributed by atoms with Crippen LogP contribution in [0.25, 0.3) is 0 Å². The van der Waals surface area contributed by atoms with Crippen molar-refractivity contribution >= 4 is 5.91 Å². The second-order valence-electron chi connectivity index (χ2n) is 5.01. The van der Waals surface area contributed by atoms with Crippen LogP contribution in [0.15, 0.2) is 18.2 Å². The molecular formula is C14H20FNO2. The molecule has 1 atom stereocenters. The van der Waals surface area contributed by atoms with E-state index in [0.29, 0.717) is 17.9 Å². The molecule has 1 aromatic carbocycles. The number of aliphatic hydroxyl groups excluding tert-OH is 1. The lowest BCUT2D eigenvalue weighted by Crippen LogP contribution is -2.32. The van der Waals surface area contributed by atoms with Gasteiger partial charge in [-0.1, -0.05) is 13.8 Å². The molecule has 0 aliphatic heterocycles. The van der Waals surface area contributed by atoms with Gasteiger partial charge in [-0.3, -0.25) is 4.79 Å². The number of hydrogen-bond acceptors (Lipinski definition) is 2. The van der Waals surface area contributed by atoms with Gasteiger partial charge in [-0.15, -0.1) is 0 Å². The predicted octanol–water partition coefficient (Wildman–Crippen LogP) is 2.27. The minimum absolute atomic E-state index is 0.187. The van der Waals surface area contributed by atoms with Gasteiger partial charge in [-0.25, -0.2) is 4.39 Å². The third kappa shape index (κ3) is 4.84. The maximum atomic E-state index is 13.1. The van der Waals surface area contributed by atoms with Gasteiger partial charge in [0.2, 0.25) is 0 Å². The van der Waals surface area contributed by atoms with Gasteiger partial charge in [0.25, 0.3) is 5.91 Å². The number of carbonyl (C=O) groups is 1. The predicted molar refractivity (Wildman–Crippen MR) is 68.9 cm³/mol. The molecule has 3 nitrogen and oxygen atoms in total. The van der Waals surface area contributed by atoms with E-state index in [9.17, 15) is 14.3 Å². The summed E-state index contributed by atoms with van der Waals surface area (Å²) in [6, 6.07) is 4.18. The Morgan fingerprint density at radius 1 is 1.39 bits per heavy atom. The van der Waals surface area contributed by atoms with Crippen LogP contribution in [0.3, 0.4) is 0 Å². The smallest absolute Gasteiger partial charge is 0.251 e. The number of amides is 1. The largest absolute Gasteiger partial charge is 0.391 e. The van der Waals surface area contributed by atoms with Crippen LogP contribution in [0.5, 0.6) is 0 Å². The maximum Gasteiger partial charge on any atom is 0.251 e. The number of aliphatic hydroxyl groups is 1. The van der Waals surface area contributed by atoms with E-state index in [0.717, 1.165) is 0 Å². The minimum Gasteiger partial charge on any atom is -0.391 e. The second-order valence-corrected chi connectivity index (χ2v) is 5.01. The first-order valence-electron chi connectivity index (χ1n) is 6.12. The molecule has 0 aliphatic rings. The third-order valence-electron chi connectivity index (χ3n) is 2.55. The molecule has 0 saturated carbocycles. The zero-order valence-corrected chi connectivity index (χ0v) is 11.0. The van der Waals surface area contributed by atoms with Crippen LogP contribution in [0, 0.1) is 18.7 Å². The summed E-state index contributed by atoms with van der Waals surface area (Å²) in [4.78, 5) is 11.8. The molecule has 18 heavy (non-hydrogen) atoms. The molecule has 2 N–H and O–H groups in total. The van der Waals surface area contributed by atoms with Gasteiger partial charge in [0.15, 0.2) is 0 Å². The highest BCUT2D eigenvalue weighted by Gasteiger charge is 2.11. The Hall–Kier alpha value is -1.42. The van der Waals surface area contributed by atoms with E-state index in [4.69, 9.17) is 0 Å². The van der Waals surface area contributed by atoms with Crippen molar-refractivity contribution in [3.8, 4) is 0 Å². The molecule has 0 aromatic heterocycles. The van der Waals surface area contributed by atoms with Gasteiger partial charge in [0, 0.05) is 12.1 Å². The number of carbonyl (C=O) groups excluding carboxylic acids is 1. The van der Waals surface area contributed by atoms with Crippen molar-refractivity contribution < 1.29 is 14.3 Å². The second kappa shape index (κ2) is 6.50. The lowest BCUT2D eigenvalue weighted by atomic mass is 10.1. The molecule has 100 valence electrons. The lowest BCUT2D eigenvalue weighted by molar-refractivity contribution is 0.0900. The van der Waals surface area contributed by atoms with Crippen LogP contribution in [-0.2, 0) is 0 Å². The number of nitrogens with one attached hydrogen (secondary N) is 1. The zero-order chi connectivity index (χ0) is 13.7. The Labute approximate surface area is 107 Å². The average Bonchev–Trinajstić information content (AvgIpc) is 2.23. The quantitative estimate of drug-likeness (QED) is 0.845. The SMILES string of the molecule is Cc1cc(F)cc(C(=O)NCC(O)CC(C)C)c1. The fourth-order valence-electron chi connectivity index (χ4n) is 1.81. The zero-order valence-electron chi connectivity index (χ0n) is 11.0. The molecule has 0 fully saturated rings. The highest BCUT2D eigenvalue weighted by Crippen LogP contribution is 2.08. The molecule has 0 spiro atoms. The standard InChI is InChI=1S/C14H20FNO2/c1-9(2)4-13(17)8-16-14(18)11-5-10(3)6-12(15)7-11/h5-7,9,13,17H,4,8H2,1-3H3,(H,16,18). The summed E-state index contributed by atoms with van der Waals surface area (Å²) in [5.41, 5.74) is 0.979. The summed E-state index contributed by atoms with van der Waals surface area (Å²) in [7, 11) is 0. The van der Waals surface area contributed by atoms with Crippen molar-refractivity contribution in [1.82, 2.24) is 5.32 Å². The Kier molecular flexibility index (Phi) is 5.28. The van der Waals surface area contributed by atoms with Crippen molar-refractivity contribution in [2.24, 2.45) is 5.92 Å². The van der Waals surface area contributed by atoms with Gasteiger partial charge in [0.05, 0.1) is 6.10 Å². The first-order valence-corrected chi connectivity index (χ1v) is 6.12. The van der Waals surface area contributed by atoms with Gasteiger partial charge < -0.3 is 10.4 Å². The molecule has 0 bridgehead atoms. The van der Waals surface area contributed by atoms with E-state index in [-0.39, 0.29) is 18.0 Å². The number of aryl methyl sites for hydroxylation is 1. The highest BCUT2D eigenvalue weighted by molar-refractivity contribution is 5.94. The van der Waals surface area contributed by atoms with Crippen LogP contribution >= 0.6 is 0 Å². The molecule has 1 amide bonds. The first-order chi connectivity index (χ1) is 8.38. The van der Waals surface area contributed by atoms with Crippen LogP contribution < -0.4 is 5.32 Å². The van der Waals surface area contributed by atoms with Crippen LogP contribution in [0.4, 0.5) is 4.39 Å². The monoisotopic (exact) mass is 253 g/mol. The van der Waals surface area contributed by atoms with Gasteiger partial charge in [0.1, 0.15) is 5.82 Å². The van der Waals surface area contributed by atoms with E-state index >= 15 is 0 Å². The van der Waals surface area contributed by atoms with E-state index in [1.807, 2.05) is 13.8 Å². The number of halogens is 1.